The van der Waals surface area contributed by atoms with E-state index < -0.39 is 5.95 Å². The highest BCUT2D eigenvalue weighted by Gasteiger charge is 2.14. The molecule has 4 rings (SSSR count). The van der Waals surface area contributed by atoms with Gasteiger partial charge in [0.05, 0.1) is 12.6 Å². The van der Waals surface area contributed by atoms with Crippen molar-refractivity contribution < 1.29 is 18.7 Å². The Labute approximate surface area is 178 Å². The van der Waals surface area contributed by atoms with Gasteiger partial charge in [-0.05, 0) is 55.0 Å². The molecule has 156 valence electrons. The summed E-state index contributed by atoms with van der Waals surface area (Å²) in [6.07, 6.45) is 3.03. The standard InChI is InChI=1S/C24H20FN3O3/c1-15-18(24(29)28-14-16-8-10-27-23(25)12-16)4-3-5-21(15)31-22-9-11-26-20-13-17(30-2)6-7-19(20)22/h3-13H,14H2,1-2H3,(H,28,29). The first-order valence-corrected chi connectivity index (χ1v) is 9.64. The summed E-state index contributed by atoms with van der Waals surface area (Å²) >= 11 is 0. The summed E-state index contributed by atoms with van der Waals surface area (Å²) in [5.41, 5.74) is 2.55. The van der Waals surface area contributed by atoms with Crippen LogP contribution in [0.15, 0.2) is 67.0 Å². The maximum absolute atomic E-state index is 13.2. The van der Waals surface area contributed by atoms with Crippen molar-refractivity contribution in [3.8, 4) is 17.2 Å². The lowest BCUT2D eigenvalue weighted by atomic mass is 10.1. The number of ether oxygens (including phenoxy) is 2. The Morgan fingerprint density at radius 2 is 1.87 bits per heavy atom. The highest BCUT2D eigenvalue weighted by molar-refractivity contribution is 5.96. The summed E-state index contributed by atoms with van der Waals surface area (Å²) in [4.78, 5) is 20.6. The zero-order valence-electron chi connectivity index (χ0n) is 17.1. The first-order chi connectivity index (χ1) is 15.0. The van der Waals surface area contributed by atoms with Gasteiger partial charge < -0.3 is 14.8 Å². The van der Waals surface area contributed by atoms with Crippen molar-refractivity contribution in [2.24, 2.45) is 0 Å². The number of pyridine rings is 2. The molecule has 0 aliphatic heterocycles. The molecule has 6 nitrogen and oxygen atoms in total. The lowest BCUT2D eigenvalue weighted by Gasteiger charge is -2.14. The summed E-state index contributed by atoms with van der Waals surface area (Å²) < 4.78 is 24.6. The summed E-state index contributed by atoms with van der Waals surface area (Å²) in [5, 5.41) is 3.63. The summed E-state index contributed by atoms with van der Waals surface area (Å²) in [7, 11) is 1.60. The monoisotopic (exact) mass is 417 g/mol. The SMILES string of the molecule is COc1ccc2c(Oc3cccc(C(=O)NCc4ccnc(F)c4)c3C)ccnc2c1. The number of amides is 1. The second-order valence-electron chi connectivity index (χ2n) is 6.89. The minimum Gasteiger partial charge on any atom is -0.497 e. The minimum atomic E-state index is -0.583. The highest BCUT2D eigenvalue weighted by Crippen LogP contribution is 2.33. The van der Waals surface area contributed by atoms with Crippen molar-refractivity contribution in [3.63, 3.8) is 0 Å². The van der Waals surface area contributed by atoms with Crippen LogP contribution in [0.3, 0.4) is 0 Å². The first-order valence-electron chi connectivity index (χ1n) is 9.64. The zero-order valence-corrected chi connectivity index (χ0v) is 17.1. The van der Waals surface area contributed by atoms with Crippen molar-refractivity contribution in [3.05, 3.63) is 89.6 Å². The van der Waals surface area contributed by atoms with E-state index in [2.05, 4.69) is 15.3 Å². The number of aromatic nitrogens is 2. The number of carbonyl (C=O) groups excluding carboxylic acids is 1. The Balaban J connectivity index is 1.56. The first kappa shape index (κ1) is 20.3. The third-order valence-electron chi connectivity index (χ3n) is 4.90. The van der Waals surface area contributed by atoms with Gasteiger partial charge in [-0.15, -0.1) is 0 Å². The Morgan fingerprint density at radius 1 is 1.03 bits per heavy atom. The van der Waals surface area contributed by atoms with Crippen LogP contribution < -0.4 is 14.8 Å². The predicted octanol–water partition coefficient (Wildman–Crippen LogP) is 4.81. The molecule has 4 aromatic rings. The number of carbonyl (C=O) groups is 1. The molecule has 1 N–H and O–H groups in total. The normalized spacial score (nSPS) is 10.7. The Morgan fingerprint density at radius 3 is 2.68 bits per heavy atom. The number of rotatable bonds is 6. The van der Waals surface area contributed by atoms with E-state index in [4.69, 9.17) is 9.47 Å². The molecule has 2 aromatic carbocycles. The molecular formula is C24H20FN3O3. The highest BCUT2D eigenvalue weighted by atomic mass is 19.1. The summed E-state index contributed by atoms with van der Waals surface area (Å²) in [6.45, 7) is 2.02. The van der Waals surface area contributed by atoms with Crippen molar-refractivity contribution in [1.29, 1.82) is 0 Å². The van der Waals surface area contributed by atoms with Gasteiger partial charge in [0.2, 0.25) is 5.95 Å². The van der Waals surface area contributed by atoms with Crippen LogP contribution in [0.25, 0.3) is 10.9 Å². The summed E-state index contributed by atoms with van der Waals surface area (Å²) in [5.74, 6) is 1.04. The third kappa shape index (κ3) is 4.45. The molecule has 0 fully saturated rings. The van der Waals surface area contributed by atoms with Crippen LogP contribution in [-0.2, 0) is 6.54 Å². The molecule has 2 aromatic heterocycles. The van der Waals surface area contributed by atoms with Crippen LogP contribution in [0.1, 0.15) is 21.5 Å². The van der Waals surface area contributed by atoms with Gasteiger partial charge in [-0.25, -0.2) is 4.98 Å². The largest absolute Gasteiger partial charge is 0.497 e. The van der Waals surface area contributed by atoms with Crippen LogP contribution in [0.2, 0.25) is 0 Å². The fourth-order valence-electron chi connectivity index (χ4n) is 3.24. The van der Waals surface area contributed by atoms with Crippen molar-refractivity contribution in [2.45, 2.75) is 13.5 Å². The van der Waals surface area contributed by atoms with Crippen molar-refractivity contribution in [1.82, 2.24) is 15.3 Å². The smallest absolute Gasteiger partial charge is 0.251 e. The maximum atomic E-state index is 13.2. The average Bonchev–Trinajstić information content (AvgIpc) is 2.78. The topological polar surface area (TPSA) is 73.3 Å². The number of halogens is 1. The van der Waals surface area contributed by atoms with Gasteiger partial charge in [0.1, 0.15) is 17.2 Å². The van der Waals surface area contributed by atoms with E-state index in [0.29, 0.717) is 33.9 Å². The van der Waals surface area contributed by atoms with Gasteiger partial charge in [0.15, 0.2) is 0 Å². The van der Waals surface area contributed by atoms with Gasteiger partial charge in [-0.1, -0.05) is 6.07 Å². The van der Waals surface area contributed by atoms with Gasteiger partial charge in [0, 0.05) is 41.5 Å². The lowest BCUT2D eigenvalue weighted by molar-refractivity contribution is 0.0950. The molecule has 7 heteroatoms. The zero-order chi connectivity index (χ0) is 21.8. The molecule has 0 spiro atoms. The molecule has 2 heterocycles. The number of hydrogen-bond acceptors (Lipinski definition) is 5. The van der Waals surface area contributed by atoms with Crippen LogP contribution in [0, 0.1) is 12.9 Å². The molecular weight excluding hydrogens is 397 g/mol. The van der Waals surface area contributed by atoms with E-state index in [-0.39, 0.29) is 12.5 Å². The molecule has 0 saturated carbocycles. The lowest BCUT2D eigenvalue weighted by Crippen LogP contribution is -2.23. The van der Waals surface area contributed by atoms with Gasteiger partial charge in [-0.2, -0.15) is 4.39 Å². The summed E-state index contributed by atoms with van der Waals surface area (Å²) in [6, 6.07) is 15.6. The second-order valence-corrected chi connectivity index (χ2v) is 6.89. The number of nitrogens with one attached hydrogen (secondary N) is 1. The van der Waals surface area contributed by atoms with E-state index in [1.54, 1.807) is 43.6 Å². The van der Waals surface area contributed by atoms with E-state index in [1.165, 1.54) is 12.3 Å². The van der Waals surface area contributed by atoms with Crippen LogP contribution in [-0.4, -0.2) is 23.0 Å². The molecule has 0 atom stereocenters. The van der Waals surface area contributed by atoms with E-state index >= 15 is 0 Å². The van der Waals surface area contributed by atoms with E-state index in [1.807, 2.05) is 25.1 Å². The van der Waals surface area contributed by atoms with Crippen molar-refractivity contribution >= 4 is 16.8 Å². The number of nitrogens with zero attached hydrogens (tertiary/aromatic N) is 2. The molecule has 0 aliphatic carbocycles. The number of benzene rings is 2. The molecule has 31 heavy (non-hydrogen) atoms. The van der Waals surface area contributed by atoms with Crippen LogP contribution in [0.4, 0.5) is 4.39 Å². The van der Waals surface area contributed by atoms with Gasteiger partial charge >= 0.3 is 0 Å². The maximum Gasteiger partial charge on any atom is 0.251 e. The van der Waals surface area contributed by atoms with Crippen LogP contribution in [0.5, 0.6) is 17.2 Å². The molecule has 0 saturated heterocycles. The number of hydrogen-bond donors (Lipinski definition) is 1. The quantitative estimate of drug-likeness (QED) is 0.456. The molecule has 1 amide bonds. The molecule has 0 radical (unpaired) electrons. The molecule has 0 unspecified atom stereocenters. The molecule has 0 aliphatic rings. The number of methoxy groups -OCH3 is 1. The Hall–Kier alpha value is -4.00. The van der Waals surface area contributed by atoms with Gasteiger partial charge in [-0.3, -0.25) is 9.78 Å². The molecule has 0 bridgehead atoms. The fraction of sp³-hybridized carbons (Fsp3) is 0.125. The number of fused-ring (bicyclic) bond motifs is 1. The average molecular weight is 417 g/mol. The van der Waals surface area contributed by atoms with Crippen LogP contribution >= 0.6 is 0 Å². The predicted molar refractivity (Wildman–Crippen MR) is 115 cm³/mol. The van der Waals surface area contributed by atoms with E-state index in [9.17, 15) is 9.18 Å². The Kier molecular flexibility index (Phi) is 5.75. The second kappa shape index (κ2) is 8.79. The Bertz CT molecular complexity index is 1260. The van der Waals surface area contributed by atoms with E-state index in [0.717, 1.165) is 10.9 Å². The van der Waals surface area contributed by atoms with Crippen molar-refractivity contribution in [2.75, 3.05) is 7.11 Å². The fourth-order valence-corrected chi connectivity index (χ4v) is 3.24. The van der Waals surface area contributed by atoms with Gasteiger partial charge in [0.25, 0.3) is 5.91 Å². The minimum absolute atomic E-state index is 0.194. The third-order valence-corrected chi connectivity index (χ3v) is 4.90.